The van der Waals surface area contributed by atoms with Gasteiger partial charge in [0.1, 0.15) is 17.7 Å². The zero-order valence-corrected chi connectivity index (χ0v) is 19.0. The van der Waals surface area contributed by atoms with Crippen LogP contribution in [0.2, 0.25) is 0 Å². The van der Waals surface area contributed by atoms with Crippen molar-refractivity contribution in [2.75, 3.05) is 26.2 Å². The van der Waals surface area contributed by atoms with Crippen LogP contribution in [0.1, 0.15) is 12.0 Å². The molecule has 8 nitrogen and oxygen atoms in total. The van der Waals surface area contributed by atoms with Crippen LogP contribution in [-0.2, 0) is 16.1 Å². The smallest absolute Gasteiger partial charge is 0.489 e. The van der Waals surface area contributed by atoms with E-state index in [1.807, 2.05) is 18.4 Å². The van der Waals surface area contributed by atoms with Crippen LogP contribution >= 0.6 is 0 Å². The first-order chi connectivity index (χ1) is 17.1. The first-order valence-corrected chi connectivity index (χ1v) is 10.6. The van der Waals surface area contributed by atoms with Crippen molar-refractivity contribution < 1.29 is 59.7 Å². The van der Waals surface area contributed by atoms with E-state index in [2.05, 4.69) is 9.80 Å². The molecule has 37 heavy (non-hydrogen) atoms. The van der Waals surface area contributed by atoms with Crippen molar-refractivity contribution in [3.05, 3.63) is 54.2 Å². The molecule has 2 N–H and O–H groups in total. The third-order valence-electron chi connectivity index (χ3n) is 5.23. The number of hydrogen-bond acceptors (Lipinski definition) is 6. The number of nitrogens with zero attached hydrogens (tertiary/aromatic N) is 2. The number of rotatable bonds is 4. The summed E-state index contributed by atoms with van der Waals surface area (Å²) < 4.78 is 87.9. The van der Waals surface area contributed by atoms with E-state index in [4.69, 9.17) is 29.0 Å². The van der Waals surface area contributed by atoms with Crippen molar-refractivity contribution in [3.63, 3.8) is 0 Å². The van der Waals surface area contributed by atoms with Gasteiger partial charge in [-0.05, 0) is 18.2 Å². The number of halogens is 7. The van der Waals surface area contributed by atoms with Crippen molar-refractivity contribution in [2.24, 2.45) is 0 Å². The number of fused-ring (bicyclic) bond motifs is 1. The molecular weight excluding hydrogens is 521 g/mol. The minimum atomic E-state index is -5.08. The predicted molar refractivity (Wildman–Crippen MR) is 112 cm³/mol. The van der Waals surface area contributed by atoms with Crippen molar-refractivity contribution in [2.45, 2.75) is 37.5 Å². The lowest BCUT2D eigenvalue weighted by Gasteiger charge is -2.36. The molecule has 2 aliphatic heterocycles. The molecule has 2 fully saturated rings. The highest BCUT2D eigenvalue weighted by molar-refractivity contribution is 5.73. The summed E-state index contributed by atoms with van der Waals surface area (Å²) in [5, 5.41) is 14.2. The molecule has 2 unspecified atom stereocenters. The number of benzene rings is 1. The van der Waals surface area contributed by atoms with Crippen molar-refractivity contribution >= 4 is 11.9 Å². The lowest BCUT2D eigenvalue weighted by molar-refractivity contribution is -0.193. The number of carboxylic acid groups (broad SMARTS) is 2. The number of piperazine rings is 1. The van der Waals surface area contributed by atoms with Crippen LogP contribution in [0.25, 0.3) is 0 Å². The minimum absolute atomic E-state index is 0.149. The van der Waals surface area contributed by atoms with E-state index in [9.17, 15) is 30.7 Å². The highest BCUT2D eigenvalue weighted by Gasteiger charge is 2.39. The fourth-order valence-corrected chi connectivity index (χ4v) is 3.66. The van der Waals surface area contributed by atoms with Crippen molar-refractivity contribution in [3.8, 4) is 5.75 Å². The number of aliphatic carboxylic acids is 2. The molecule has 0 amide bonds. The van der Waals surface area contributed by atoms with Gasteiger partial charge in [0.25, 0.3) is 0 Å². The fraction of sp³-hybridized carbons (Fsp3) is 0.455. The summed E-state index contributed by atoms with van der Waals surface area (Å²) in [5.74, 6) is -5.13. The predicted octanol–water partition coefficient (Wildman–Crippen LogP) is 4.02. The first kappa shape index (κ1) is 29.9. The van der Waals surface area contributed by atoms with Gasteiger partial charge in [-0.25, -0.2) is 14.0 Å². The molecule has 4 rings (SSSR count). The standard InChI is InChI=1S/C18H21FN2O2.2C2HF3O2/c19-15-2-1-3-17(8-15)23-18-9-16-11-20(5-6-21(16)12-18)10-14-4-7-22-13-14;2*3-2(4,5)1(6)7/h1-4,7-8,13,16,18H,5-6,9-12H2;2*(H,6,7). The molecule has 2 saturated heterocycles. The Hall–Kier alpha value is -3.33. The number of carboxylic acids is 2. The maximum atomic E-state index is 13.3. The van der Waals surface area contributed by atoms with Gasteiger partial charge in [-0.2, -0.15) is 26.3 Å². The minimum Gasteiger partial charge on any atom is -0.489 e. The van der Waals surface area contributed by atoms with Crippen LogP contribution in [0.15, 0.2) is 47.3 Å². The first-order valence-electron chi connectivity index (χ1n) is 10.6. The van der Waals surface area contributed by atoms with E-state index < -0.39 is 24.3 Å². The number of ether oxygens (including phenoxy) is 1. The lowest BCUT2D eigenvalue weighted by atomic mass is 10.1. The summed E-state index contributed by atoms with van der Waals surface area (Å²) in [6, 6.07) is 8.97. The molecule has 2 atom stereocenters. The van der Waals surface area contributed by atoms with Crippen LogP contribution < -0.4 is 4.74 Å². The van der Waals surface area contributed by atoms with Gasteiger partial charge in [-0.15, -0.1) is 0 Å². The Morgan fingerprint density at radius 3 is 2.14 bits per heavy atom. The summed E-state index contributed by atoms with van der Waals surface area (Å²) >= 11 is 0. The molecule has 2 aliphatic rings. The van der Waals surface area contributed by atoms with Crippen molar-refractivity contribution in [1.29, 1.82) is 0 Å². The number of carbonyl (C=O) groups is 2. The fourth-order valence-electron chi connectivity index (χ4n) is 3.66. The Balaban J connectivity index is 0.000000286. The maximum Gasteiger partial charge on any atom is 0.490 e. The molecule has 206 valence electrons. The summed E-state index contributed by atoms with van der Waals surface area (Å²) in [7, 11) is 0. The van der Waals surface area contributed by atoms with Crippen molar-refractivity contribution in [1.82, 2.24) is 9.80 Å². The quantitative estimate of drug-likeness (QED) is 0.557. The van der Waals surface area contributed by atoms with Gasteiger partial charge >= 0.3 is 24.3 Å². The molecule has 2 aromatic rings. The van der Waals surface area contributed by atoms with Crippen LogP contribution in [0.4, 0.5) is 30.7 Å². The molecule has 3 heterocycles. The molecule has 1 aromatic carbocycles. The zero-order chi connectivity index (χ0) is 27.8. The molecule has 0 aliphatic carbocycles. The average molecular weight is 544 g/mol. The van der Waals surface area contributed by atoms with Gasteiger partial charge in [0.2, 0.25) is 0 Å². The van der Waals surface area contributed by atoms with Gasteiger partial charge < -0.3 is 19.4 Å². The van der Waals surface area contributed by atoms with E-state index in [0.29, 0.717) is 11.8 Å². The Kier molecular flexibility index (Phi) is 10.3. The van der Waals surface area contributed by atoms with Crippen LogP contribution in [-0.4, -0.2) is 82.6 Å². The Labute approximate surface area is 205 Å². The normalized spacial score (nSPS) is 20.1. The average Bonchev–Trinajstić information content (AvgIpc) is 3.42. The highest BCUT2D eigenvalue weighted by atomic mass is 19.4. The third kappa shape index (κ3) is 10.3. The Morgan fingerprint density at radius 1 is 1.00 bits per heavy atom. The second kappa shape index (κ2) is 12.8. The second-order valence-corrected chi connectivity index (χ2v) is 8.05. The Morgan fingerprint density at radius 2 is 1.62 bits per heavy atom. The van der Waals surface area contributed by atoms with Crippen LogP contribution in [0.5, 0.6) is 5.75 Å². The molecule has 1 aromatic heterocycles. The molecule has 0 spiro atoms. The van der Waals surface area contributed by atoms with Gasteiger partial charge in [0.05, 0.1) is 12.5 Å². The highest BCUT2D eigenvalue weighted by Crippen LogP contribution is 2.27. The molecule has 0 bridgehead atoms. The summed E-state index contributed by atoms with van der Waals surface area (Å²) in [5.41, 5.74) is 1.23. The Bertz CT molecular complexity index is 990. The number of hydrogen-bond donors (Lipinski definition) is 2. The van der Waals surface area contributed by atoms with Gasteiger partial charge in [-0.1, -0.05) is 6.07 Å². The van der Waals surface area contributed by atoms with Crippen LogP contribution in [0.3, 0.4) is 0 Å². The van der Waals surface area contributed by atoms with Gasteiger partial charge in [-0.3, -0.25) is 9.80 Å². The summed E-state index contributed by atoms with van der Waals surface area (Å²) in [6.45, 7) is 5.05. The third-order valence-corrected chi connectivity index (χ3v) is 5.23. The zero-order valence-electron chi connectivity index (χ0n) is 19.0. The summed E-state index contributed by atoms with van der Waals surface area (Å²) in [4.78, 5) is 22.8. The molecule has 0 radical (unpaired) electrons. The van der Waals surface area contributed by atoms with E-state index in [-0.39, 0.29) is 11.9 Å². The number of alkyl halides is 6. The second-order valence-electron chi connectivity index (χ2n) is 8.05. The molecule has 15 heteroatoms. The maximum absolute atomic E-state index is 13.3. The van der Waals surface area contributed by atoms with E-state index >= 15 is 0 Å². The van der Waals surface area contributed by atoms with E-state index in [1.165, 1.54) is 17.7 Å². The van der Waals surface area contributed by atoms with Gasteiger partial charge in [0, 0.05) is 56.8 Å². The molecule has 0 saturated carbocycles. The van der Waals surface area contributed by atoms with Gasteiger partial charge in [0.15, 0.2) is 0 Å². The SMILES string of the molecule is Fc1cccc(OC2CC3CN(Cc4ccoc4)CCN3C2)c1.O=C(O)C(F)(F)F.O=C(O)C(F)(F)F. The lowest BCUT2D eigenvalue weighted by Crippen LogP contribution is -2.49. The van der Waals surface area contributed by atoms with E-state index in [1.54, 1.807) is 12.3 Å². The topological polar surface area (TPSA) is 103 Å². The van der Waals surface area contributed by atoms with Crippen LogP contribution in [0, 0.1) is 5.82 Å². The number of furan rings is 1. The molecular formula is C22H23F7N2O6. The largest absolute Gasteiger partial charge is 0.490 e. The summed E-state index contributed by atoms with van der Waals surface area (Å²) in [6.07, 6.45) is -5.48. The van der Waals surface area contributed by atoms with E-state index in [0.717, 1.165) is 39.1 Å². The monoisotopic (exact) mass is 544 g/mol.